The van der Waals surface area contributed by atoms with E-state index in [1.807, 2.05) is 12.1 Å². The Morgan fingerprint density at radius 2 is 2.06 bits per heavy atom. The van der Waals surface area contributed by atoms with Gasteiger partial charge in [-0.3, -0.25) is 4.90 Å². The molecule has 0 bridgehead atoms. The van der Waals surface area contributed by atoms with E-state index in [4.69, 9.17) is 9.84 Å². The van der Waals surface area contributed by atoms with E-state index in [0.29, 0.717) is 19.3 Å². The van der Waals surface area contributed by atoms with Crippen molar-refractivity contribution in [3.05, 3.63) is 35.6 Å². The fourth-order valence-electron chi connectivity index (χ4n) is 2.50. The molecule has 100 valence electrons. The summed E-state index contributed by atoms with van der Waals surface area (Å²) in [6.45, 7) is 3.03. The van der Waals surface area contributed by atoms with E-state index in [1.165, 1.54) is 24.1 Å². The van der Waals surface area contributed by atoms with Gasteiger partial charge in [0.1, 0.15) is 5.82 Å². The fraction of sp³-hybridized carbons (Fsp3) is 0.571. The summed E-state index contributed by atoms with van der Waals surface area (Å²) in [6, 6.07) is 7.16. The highest BCUT2D eigenvalue weighted by molar-refractivity contribution is 5.20. The van der Waals surface area contributed by atoms with Crippen LogP contribution in [0.2, 0.25) is 0 Å². The number of ether oxygens (including phenoxy) is 1. The molecule has 1 aromatic carbocycles. The van der Waals surface area contributed by atoms with Crippen LogP contribution in [0.15, 0.2) is 24.3 Å². The monoisotopic (exact) mass is 253 g/mol. The van der Waals surface area contributed by atoms with Crippen LogP contribution < -0.4 is 0 Å². The van der Waals surface area contributed by atoms with E-state index < -0.39 is 0 Å². The van der Waals surface area contributed by atoms with Crippen LogP contribution in [0.4, 0.5) is 4.39 Å². The standard InChI is InChI=1S/C14H20FNO2/c15-13-5-3-12(4-6-13)14-2-1-7-16(14)8-10-18-11-9-17/h3-6,14,17H,1-2,7-11H2/t14-/m0/s1. The van der Waals surface area contributed by atoms with Crippen LogP contribution in [0.1, 0.15) is 24.4 Å². The first-order valence-electron chi connectivity index (χ1n) is 6.49. The second kappa shape index (κ2) is 6.83. The van der Waals surface area contributed by atoms with E-state index >= 15 is 0 Å². The maximum absolute atomic E-state index is 12.9. The lowest BCUT2D eigenvalue weighted by Gasteiger charge is -2.24. The minimum Gasteiger partial charge on any atom is -0.394 e. The summed E-state index contributed by atoms with van der Waals surface area (Å²) in [4.78, 5) is 2.37. The van der Waals surface area contributed by atoms with Crippen molar-refractivity contribution >= 4 is 0 Å². The van der Waals surface area contributed by atoms with Crippen LogP contribution >= 0.6 is 0 Å². The Hall–Kier alpha value is -0.970. The van der Waals surface area contributed by atoms with Gasteiger partial charge in [-0.05, 0) is 37.1 Å². The van der Waals surface area contributed by atoms with Gasteiger partial charge in [-0.2, -0.15) is 0 Å². The van der Waals surface area contributed by atoms with Gasteiger partial charge in [0.25, 0.3) is 0 Å². The van der Waals surface area contributed by atoms with Crippen LogP contribution in [0, 0.1) is 5.82 Å². The van der Waals surface area contributed by atoms with Crippen molar-refractivity contribution in [2.75, 3.05) is 32.9 Å². The molecule has 0 radical (unpaired) electrons. The van der Waals surface area contributed by atoms with Crippen molar-refractivity contribution in [3.63, 3.8) is 0 Å². The molecule has 1 heterocycles. The molecule has 1 saturated heterocycles. The molecule has 0 amide bonds. The molecule has 2 rings (SSSR count). The van der Waals surface area contributed by atoms with Crippen LogP contribution in [-0.4, -0.2) is 42.9 Å². The number of rotatable bonds is 6. The van der Waals surface area contributed by atoms with Gasteiger partial charge in [0.15, 0.2) is 0 Å². The summed E-state index contributed by atoms with van der Waals surface area (Å²) in [6.07, 6.45) is 2.29. The maximum Gasteiger partial charge on any atom is 0.123 e. The maximum atomic E-state index is 12.9. The summed E-state index contributed by atoms with van der Waals surface area (Å²) in [7, 11) is 0. The number of nitrogens with zero attached hydrogens (tertiary/aromatic N) is 1. The number of hydrogen-bond acceptors (Lipinski definition) is 3. The Bertz CT molecular complexity index is 355. The number of aliphatic hydroxyl groups excluding tert-OH is 1. The predicted molar refractivity (Wildman–Crippen MR) is 67.9 cm³/mol. The molecule has 0 saturated carbocycles. The molecule has 4 heteroatoms. The summed E-state index contributed by atoms with van der Waals surface area (Å²) in [5.74, 6) is -0.186. The molecule has 0 aliphatic carbocycles. The van der Waals surface area contributed by atoms with Crippen LogP contribution in [0.5, 0.6) is 0 Å². The minimum atomic E-state index is -0.186. The highest BCUT2D eigenvalue weighted by Crippen LogP contribution is 2.31. The fourth-order valence-corrected chi connectivity index (χ4v) is 2.50. The summed E-state index contributed by atoms with van der Waals surface area (Å²) in [5.41, 5.74) is 1.18. The summed E-state index contributed by atoms with van der Waals surface area (Å²) in [5, 5.41) is 8.64. The number of likely N-dealkylation sites (tertiary alicyclic amines) is 1. The average molecular weight is 253 g/mol. The van der Waals surface area contributed by atoms with Crippen LogP contribution in [0.3, 0.4) is 0 Å². The van der Waals surface area contributed by atoms with E-state index in [9.17, 15) is 4.39 Å². The van der Waals surface area contributed by atoms with Crippen molar-refractivity contribution in [1.29, 1.82) is 0 Å². The molecule has 3 nitrogen and oxygen atoms in total. The first kappa shape index (κ1) is 13.5. The quantitative estimate of drug-likeness (QED) is 0.787. The Balaban J connectivity index is 1.88. The highest BCUT2D eigenvalue weighted by Gasteiger charge is 2.25. The third-order valence-corrected chi connectivity index (χ3v) is 3.38. The molecule has 18 heavy (non-hydrogen) atoms. The third-order valence-electron chi connectivity index (χ3n) is 3.38. The van der Waals surface area contributed by atoms with E-state index in [-0.39, 0.29) is 12.4 Å². The number of aliphatic hydroxyl groups is 1. The van der Waals surface area contributed by atoms with Crippen molar-refractivity contribution in [2.24, 2.45) is 0 Å². The van der Waals surface area contributed by atoms with Crippen LogP contribution in [0.25, 0.3) is 0 Å². The Kier molecular flexibility index (Phi) is 5.11. The molecule has 1 N–H and O–H groups in total. The van der Waals surface area contributed by atoms with Crippen molar-refractivity contribution in [2.45, 2.75) is 18.9 Å². The molecule has 1 aliphatic rings. The second-order valence-corrected chi connectivity index (χ2v) is 4.58. The van der Waals surface area contributed by atoms with Gasteiger partial charge in [0, 0.05) is 12.6 Å². The molecule has 0 aromatic heterocycles. The lowest BCUT2D eigenvalue weighted by atomic mass is 10.0. The zero-order valence-electron chi connectivity index (χ0n) is 10.5. The first-order chi connectivity index (χ1) is 8.81. The zero-order valence-corrected chi connectivity index (χ0v) is 10.5. The topological polar surface area (TPSA) is 32.7 Å². The lowest BCUT2D eigenvalue weighted by molar-refractivity contribution is 0.0709. The summed E-state index contributed by atoms with van der Waals surface area (Å²) >= 11 is 0. The van der Waals surface area contributed by atoms with Crippen molar-refractivity contribution < 1.29 is 14.2 Å². The smallest absolute Gasteiger partial charge is 0.123 e. The lowest BCUT2D eigenvalue weighted by Crippen LogP contribution is -2.27. The zero-order chi connectivity index (χ0) is 12.8. The molecule has 1 aromatic rings. The van der Waals surface area contributed by atoms with Gasteiger partial charge in [-0.1, -0.05) is 12.1 Å². The van der Waals surface area contributed by atoms with E-state index in [1.54, 1.807) is 0 Å². The molecule has 0 spiro atoms. The molecule has 0 unspecified atom stereocenters. The molecular formula is C14H20FNO2. The molecule has 1 atom stereocenters. The van der Waals surface area contributed by atoms with Gasteiger partial charge in [-0.25, -0.2) is 4.39 Å². The Labute approximate surface area is 107 Å². The van der Waals surface area contributed by atoms with Gasteiger partial charge in [0.05, 0.1) is 19.8 Å². The summed E-state index contributed by atoms with van der Waals surface area (Å²) < 4.78 is 18.2. The highest BCUT2D eigenvalue weighted by atomic mass is 19.1. The van der Waals surface area contributed by atoms with Crippen molar-refractivity contribution in [1.82, 2.24) is 4.90 Å². The Morgan fingerprint density at radius 1 is 1.28 bits per heavy atom. The Morgan fingerprint density at radius 3 is 2.78 bits per heavy atom. The number of benzene rings is 1. The van der Waals surface area contributed by atoms with Crippen LogP contribution in [-0.2, 0) is 4.74 Å². The van der Waals surface area contributed by atoms with Gasteiger partial charge in [0.2, 0.25) is 0 Å². The normalized spacial score (nSPS) is 20.4. The molecule has 1 fully saturated rings. The van der Waals surface area contributed by atoms with E-state index in [2.05, 4.69) is 4.90 Å². The molecular weight excluding hydrogens is 233 g/mol. The second-order valence-electron chi connectivity index (χ2n) is 4.58. The number of hydrogen-bond donors (Lipinski definition) is 1. The van der Waals surface area contributed by atoms with E-state index in [0.717, 1.165) is 19.5 Å². The van der Waals surface area contributed by atoms with Gasteiger partial charge >= 0.3 is 0 Å². The number of halogens is 1. The minimum absolute atomic E-state index is 0.0708. The largest absolute Gasteiger partial charge is 0.394 e. The van der Waals surface area contributed by atoms with Gasteiger partial charge in [-0.15, -0.1) is 0 Å². The molecule has 1 aliphatic heterocycles. The average Bonchev–Trinajstić information content (AvgIpc) is 2.84. The predicted octanol–water partition coefficient (Wildman–Crippen LogP) is 1.97. The van der Waals surface area contributed by atoms with Crippen molar-refractivity contribution in [3.8, 4) is 0 Å². The SMILES string of the molecule is OCCOCCN1CCC[C@H]1c1ccc(F)cc1. The van der Waals surface area contributed by atoms with Gasteiger partial charge < -0.3 is 9.84 Å². The third kappa shape index (κ3) is 3.51. The first-order valence-corrected chi connectivity index (χ1v) is 6.49.